The molecular formula is C23H26FN3O2. The summed E-state index contributed by atoms with van der Waals surface area (Å²) in [5, 5.41) is 13.0. The first kappa shape index (κ1) is 19.4. The van der Waals surface area contributed by atoms with Crippen molar-refractivity contribution in [3.63, 3.8) is 0 Å². The van der Waals surface area contributed by atoms with Crippen LogP contribution in [0.5, 0.6) is 5.75 Å². The van der Waals surface area contributed by atoms with Crippen LogP contribution in [0.3, 0.4) is 0 Å². The SMILES string of the molecule is O=C(NCC1CCCCCC1)c1ccc2[nH]c(Cc3cc(F)ccc3O)nc2c1. The molecule has 1 aliphatic rings. The van der Waals surface area contributed by atoms with Gasteiger partial charge in [0.05, 0.1) is 11.0 Å². The van der Waals surface area contributed by atoms with Crippen molar-refractivity contribution in [1.29, 1.82) is 0 Å². The van der Waals surface area contributed by atoms with Gasteiger partial charge in [0.2, 0.25) is 0 Å². The van der Waals surface area contributed by atoms with E-state index in [4.69, 9.17) is 0 Å². The smallest absolute Gasteiger partial charge is 0.251 e. The average molecular weight is 395 g/mol. The van der Waals surface area contributed by atoms with Crippen molar-refractivity contribution < 1.29 is 14.3 Å². The fourth-order valence-electron chi connectivity index (χ4n) is 4.07. The number of benzene rings is 2. The van der Waals surface area contributed by atoms with Gasteiger partial charge in [-0.1, -0.05) is 25.7 Å². The number of amides is 1. The third-order valence-electron chi connectivity index (χ3n) is 5.72. The molecule has 0 saturated heterocycles. The summed E-state index contributed by atoms with van der Waals surface area (Å²) in [6.45, 7) is 0.724. The third-order valence-corrected chi connectivity index (χ3v) is 5.72. The van der Waals surface area contributed by atoms with Gasteiger partial charge >= 0.3 is 0 Å². The molecule has 4 rings (SSSR count). The molecule has 6 heteroatoms. The van der Waals surface area contributed by atoms with Crippen molar-refractivity contribution in [3.8, 4) is 5.75 Å². The zero-order valence-corrected chi connectivity index (χ0v) is 16.4. The Morgan fingerprint density at radius 2 is 1.93 bits per heavy atom. The maximum Gasteiger partial charge on any atom is 0.251 e. The number of phenolic OH excluding ortho intramolecular Hbond substituents is 1. The second-order valence-corrected chi connectivity index (χ2v) is 7.93. The number of aromatic nitrogens is 2. The van der Waals surface area contributed by atoms with Gasteiger partial charge < -0.3 is 15.4 Å². The Bertz CT molecular complexity index is 1010. The largest absolute Gasteiger partial charge is 0.508 e. The summed E-state index contributed by atoms with van der Waals surface area (Å²) in [4.78, 5) is 20.3. The number of carbonyl (C=O) groups is 1. The Hall–Kier alpha value is -2.89. The van der Waals surface area contributed by atoms with E-state index < -0.39 is 5.82 Å². The van der Waals surface area contributed by atoms with Crippen molar-refractivity contribution in [2.75, 3.05) is 6.54 Å². The standard InChI is InChI=1S/C23H26FN3O2/c24-18-8-10-21(28)17(11-18)13-22-26-19-9-7-16(12-20(19)27-22)23(29)25-14-15-5-3-1-2-4-6-15/h7-12,15,28H,1-6,13-14H2,(H,25,29)(H,26,27). The van der Waals surface area contributed by atoms with Gasteiger partial charge in [-0.2, -0.15) is 0 Å². The van der Waals surface area contributed by atoms with Gasteiger partial charge in [-0.3, -0.25) is 4.79 Å². The molecule has 5 nitrogen and oxygen atoms in total. The zero-order valence-electron chi connectivity index (χ0n) is 16.4. The Morgan fingerprint density at radius 3 is 2.72 bits per heavy atom. The van der Waals surface area contributed by atoms with Gasteiger partial charge in [-0.15, -0.1) is 0 Å². The quantitative estimate of drug-likeness (QED) is 0.548. The topological polar surface area (TPSA) is 78.0 Å². The maximum atomic E-state index is 13.4. The lowest BCUT2D eigenvalue weighted by molar-refractivity contribution is 0.0946. The van der Waals surface area contributed by atoms with E-state index in [0.29, 0.717) is 28.4 Å². The van der Waals surface area contributed by atoms with Crippen LogP contribution in [-0.2, 0) is 6.42 Å². The first-order valence-corrected chi connectivity index (χ1v) is 10.3. The minimum absolute atomic E-state index is 0.0328. The Labute approximate surface area is 169 Å². The van der Waals surface area contributed by atoms with E-state index in [1.807, 2.05) is 6.07 Å². The maximum absolute atomic E-state index is 13.4. The van der Waals surface area contributed by atoms with Gasteiger partial charge in [0.15, 0.2) is 0 Å². The highest BCUT2D eigenvalue weighted by Gasteiger charge is 2.15. The van der Waals surface area contributed by atoms with Crippen LogP contribution in [-0.4, -0.2) is 27.5 Å². The van der Waals surface area contributed by atoms with Crippen molar-refractivity contribution in [3.05, 3.63) is 59.2 Å². The number of carbonyl (C=O) groups excluding carboxylic acids is 1. The summed E-state index contributed by atoms with van der Waals surface area (Å²) in [7, 11) is 0. The molecule has 152 valence electrons. The molecule has 0 atom stereocenters. The van der Waals surface area contributed by atoms with Crippen LogP contribution in [0.4, 0.5) is 4.39 Å². The van der Waals surface area contributed by atoms with Gasteiger partial charge in [0, 0.05) is 24.1 Å². The number of halogens is 1. The minimum atomic E-state index is -0.401. The van der Waals surface area contributed by atoms with Crippen molar-refractivity contribution in [1.82, 2.24) is 15.3 Å². The molecule has 0 aliphatic heterocycles. The molecule has 1 saturated carbocycles. The monoisotopic (exact) mass is 395 g/mol. The number of rotatable bonds is 5. The van der Waals surface area contributed by atoms with Crippen molar-refractivity contribution >= 4 is 16.9 Å². The second-order valence-electron chi connectivity index (χ2n) is 7.93. The normalized spacial score (nSPS) is 15.3. The van der Waals surface area contributed by atoms with Crippen molar-refractivity contribution in [2.45, 2.75) is 44.9 Å². The molecule has 1 fully saturated rings. The molecule has 0 unspecified atom stereocenters. The molecule has 0 spiro atoms. The molecule has 3 aromatic rings. The second kappa shape index (κ2) is 8.64. The molecule has 1 amide bonds. The molecule has 1 aromatic heterocycles. The van der Waals surface area contributed by atoms with E-state index in [0.717, 1.165) is 12.1 Å². The number of nitrogens with zero attached hydrogens (tertiary/aromatic N) is 1. The van der Waals surface area contributed by atoms with Gasteiger partial charge in [-0.25, -0.2) is 9.37 Å². The van der Waals surface area contributed by atoms with Crippen LogP contribution >= 0.6 is 0 Å². The van der Waals surface area contributed by atoms with Gasteiger partial charge in [0.1, 0.15) is 17.4 Å². The van der Waals surface area contributed by atoms with E-state index in [1.165, 1.54) is 56.7 Å². The third kappa shape index (κ3) is 4.75. The molecule has 0 bridgehead atoms. The lowest BCUT2D eigenvalue weighted by Gasteiger charge is -2.14. The number of aromatic amines is 1. The summed E-state index contributed by atoms with van der Waals surface area (Å²) < 4.78 is 13.4. The predicted molar refractivity (Wildman–Crippen MR) is 110 cm³/mol. The minimum Gasteiger partial charge on any atom is -0.508 e. The lowest BCUT2D eigenvalue weighted by atomic mass is 10.0. The number of H-pyrrole nitrogens is 1. The van der Waals surface area contributed by atoms with Crippen LogP contribution in [0.2, 0.25) is 0 Å². The number of hydrogen-bond donors (Lipinski definition) is 3. The van der Waals surface area contributed by atoms with Crippen molar-refractivity contribution in [2.24, 2.45) is 5.92 Å². The Kier molecular flexibility index (Phi) is 5.79. The van der Waals surface area contributed by atoms with Gasteiger partial charge in [-0.05, 0) is 55.2 Å². The van der Waals surface area contributed by atoms with E-state index >= 15 is 0 Å². The Morgan fingerprint density at radius 1 is 1.14 bits per heavy atom. The number of hydrogen-bond acceptors (Lipinski definition) is 3. The number of nitrogens with one attached hydrogen (secondary N) is 2. The summed E-state index contributed by atoms with van der Waals surface area (Å²) in [5.74, 6) is 0.730. The summed E-state index contributed by atoms with van der Waals surface area (Å²) in [6.07, 6.45) is 7.77. The number of aromatic hydroxyl groups is 1. The molecule has 2 aromatic carbocycles. The highest BCUT2D eigenvalue weighted by atomic mass is 19.1. The summed E-state index contributed by atoms with van der Waals surface area (Å²) in [6, 6.07) is 9.24. The van der Waals surface area contributed by atoms with E-state index in [9.17, 15) is 14.3 Å². The molecule has 29 heavy (non-hydrogen) atoms. The zero-order chi connectivity index (χ0) is 20.2. The van der Waals surface area contributed by atoms with Crippen LogP contribution in [0.1, 0.15) is 60.3 Å². The number of imidazole rings is 1. The fourth-order valence-corrected chi connectivity index (χ4v) is 4.07. The predicted octanol–water partition coefficient (Wildman–Crippen LogP) is 4.70. The molecule has 0 radical (unpaired) electrons. The first-order chi connectivity index (χ1) is 14.1. The Balaban J connectivity index is 1.44. The van der Waals surface area contributed by atoms with E-state index in [-0.39, 0.29) is 18.1 Å². The van der Waals surface area contributed by atoms with Crippen LogP contribution in [0.25, 0.3) is 11.0 Å². The highest BCUT2D eigenvalue weighted by Crippen LogP contribution is 2.23. The van der Waals surface area contributed by atoms with Gasteiger partial charge in [0.25, 0.3) is 5.91 Å². The first-order valence-electron chi connectivity index (χ1n) is 10.3. The summed E-state index contributed by atoms with van der Waals surface area (Å²) >= 11 is 0. The molecule has 3 N–H and O–H groups in total. The van der Waals surface area contributed by atoms with E-state index in [2.05, 4.69) is 15.3 Å². The number of phenols is 1. The molecule has 1 heterocycles. The highest BCUT2D eigenvalue weighted by molar-refractivity contribution is 5.97. The van der Waals surface area contributed by atoms with E-state index in [1.54, 1.807) is 12.1 Å². The molecular weight excluding hydrogens is 369 g/mol. The summed E-state index contributed by atoms with van der Waals surface area (Å²) in [5.41, 5.74) is 2.53. The number of fused-ring (bicyclic) bond motifs is 1. The average Bonchev–Trinajstić information content (AvgIpc) is 2.92. The van der Waals surface area contributed by atoms with Crippen LogP contribution in [0, 0.1) is 11.7 Å². The molecule has 1 aliphatic carbocycles. The van der Waals surface area contributed by atoms with Crippen LogP contribution < -0.4 is 5.32 Å². The van der Waals surface area contributed by atoms with Crippen LogP contribution in [0.15, 0.2) is 36.4 Å². The lowest BCUT2D eigenvalue weighted by Crippen LogP contribution is -2.29. The fraction of sp³-hybridized carbons (Fsp3) is 0.391.